The van der Waals surface area contributed by atoms with Gasteiger partial charge in [-0.1, -0.05) is 81.8 Å². The molecule has 2 atom stereocenters. The van der Waals surface area contributed by atoms with E-state index in [1.165, 1.54) is 41.5 Å². The molecule has 3 aromatic carbocycles. The monoisotopic (exact) mass is 514 g/mol. The number of aryl methyl sites for hydroxylation is 1. The SMILES string of the molecule is CCc1cccc(-c2ccc(COc3cccc([C@@H](CC(=O)O)C4CC4)c3F)cc2[C@@H]2CCCC2(C)C)c1. The van der Waals surface area contributed by atoms with Crippen LogP contribution >= 0.6 is 0 Å². The van der Waals surface area contributed by atoms with Crippen LogP contribution in [-0.4, -0.2) is 11.1 Å². The van der Waals surface area contributed by atoms with Gasteiger partial charge in [0.1, 0.15) is 6.61 Å². The summed E-state index contributed by atoms with van der Waals surface area (Å²) in [6.07, 6.45) is 6.47. The van der Waals surface area contributed by atoms with Gasteiger partial charge in [-0.15, -0.1) is 0 Å². The van der Waals surface area contributed by atoms with Gasteiger partial charge in [-0.05, 0) is 88.8 Å². The molecule has 0 aromatic heterocycles. The fraction of sp³-hybridized carbons (Fsp3) is 0.441. The molecule has 2 fully saturated rings. The van der Waals surface area contributed by atoms with Crippen molar-refractivity contribution >= 4 is 5.97 Å². The lowest BCUT2D eigenvalue weighted by Crippen LogP contribution is -2.16. The molecule has 0 saturated heterocycles. The van der Waals surface area contributed by atoms with Gasteiger partial charge in [-0.3, -0.25) is 4.79 Å². The highest BCUT2D eigenvalue weighted by atomic mass is 19.1. The zero-order valence-electron chi connectivity index (χ0n) is 22.8. The summed E-state index contributed by atoms with van der Waals surface area (Å²) >= 11 is 0. The van der Waals surface area contributed by atoms with E-state index >= 15 is 4.39 Å². The van der Waals surface area contributed by atoms with Crippen LogP contribution in [0.25, 0.3) is 11.1 Å². The Morgan fingerprint density at radius 2 is 1.84 bits per heavy atom. The second-order valence-electron chi connectivity index (χ2n) is 11.9. The van der Waals surface area contributed by atoms with Crippen LogP contribution in [-0.2, 0) is 17.8 Å². The molecule has 200 valence electrons. The van der Waals surface area contributed by atoms with E-state index in [-0.39, 0.29) is 36.0 Å². The van der Waals surface area contributed by atoms with Gasteiger partial charge in [0, 0.05) is 5.92 Å². The normalized spacial score (nSPS) is 19.3. The highest BCUT2D eigenvalue weighted by molar-refractivity contribution is 5.70. The molecule has 2 aliphatic carbocycles. The molecule has 2 aliphatic rings. The zero-order valence-corrected chi connectivity index (χ0v) is 22.8. The Hall–Kier alpha value is -3.14. The Morgan fingerprint density at radius 3 is 2.53 bits per heavy atom. The Labute approximate surface area is 226 Å². The van der Waals surface area contributed by atoms with Gasteiger partial charge in [0.15, 0.2) is 11.6 Å². The van der Waals surface area contributed by atoms with Crippen LogP contribution in [0.1, 0.15) is 93.4 Å². The Kier molecular flexibility index (Phi) is 7.61. The lowest BCUT2D eigenvalue weighted by molar-refractivity contribution is -0.137. The first kappa shape index (κ1) is 26.5. The summed E-state index contributed by atoms with van der Waals surface area (Å²) in [5.74, 6) is -0.716. The van der Waals surface area contributed by atoms with Crippen LogP contribution in [0, 0.1) is 17.2 Å². The molecule has 4 heteroatoms. The van der Waals surface area contributed by atoms with Crippen molar-refractivity contribution in [3.63, 3.8) is 0 Å². The van der Waals surface area contributed by atoms with Crippen LogP contribution in [0.3, 0.4) is 0 Å². The third-order valence-electron chi connectivity index (χ3n) is 8.77. The van der Waals surface area contributed by atoms with Crippen LogP contribution in [0.15, 0.2) is 60.7 Å². The molecule has 5 rings (SSSR count). The maximum Gasteiger partial charge on any atom is 0.303 e. The molecule has 0 heterocycles. The summed E-state index contributed by atoms with van der Waals surface area (Å²) in [5, 5.41) is 9.37. The third-order valence-corrected chi connectivity index (χ3v) is 8.77. The zero-order chi connectivity index (χ0) is 26.9. The highest BCUT2D eigenvalue weighted by Crippen LogP contribution is 2.51. The molecule has 0 amide bonds. The minimum Gasteiger partial charge on any atom is -0.486 e. The average molecular weight is 515 g/mol. The van der Waals surface area contributed by atoms with Crippen LogP contribution in [0.2, 0.25) is 0 Å². The predicted octanol–water partition coefficient (Wildman–Crippen LogP) is 8.90. The number of ether oxygens (including phenoxy) is 1. The van der Waals surface area contributed by atoms with Crippen molar-refractivity contribution in [3.05, 3.63) is 88.7 Å². The minimum absolute atomic E-state index is 0.0493. The van der Waals surface area contributed by atoms with Gasteiger partial charge in [0.2, 0.25) is 0 Å². The van der Waals surface area contributed by atoms with Gasteiger partial charge >= 0.3 is 5.97 Å². The topological polar surface area (TPSA) is 46.5 Å². The van der Waals surface area contributed by atoms with Crippen LogP contribution in [0.4, 0.5) is 4.39 Å². The summed E-state index contributed by atoms with van der Waals surface area (Å²) in [4.78, 5) is 11.4. The molecular formula is C34H39FO3. The van der Waals surface area contributed by atoms with Crippen molar-refractivity contribution in [2.75, 3.05) is 0 Å². The number of carbonyl (C=O) groups is 1. The van der Waals surface area contributed by atoms with E-state index in [4.69, 9.17) is 4.74 Å². The molecular weight excluding hydrogens is 475 g/mol. The number of rotatable bonds is 10. The van der Waals surface area contributed by atoms with Crippen molar-refractivity contribution in [1.29, 1.82) is 0 Å². The predicted molar refractivity (Wildman–Crippen MR) is 150 cm³/mol. The van der Waals surface area contributed by atoms with Crippen molar-refractivity contribution in [1.82, 2.24) is 0 Å². The molecule has 0 unspecified atom stereocenters. The number of hydrogen-bond acceptors (Lipinski definition) is 2. The van der Waals surface area contributed by atoms with E-state index < -0.39 is 11.8 Å². The molecule has 0 aliphatic heterocycles. The number of aliphatic carboxylic acids is 1. The van der Waals surface area contributed by atoms with Crippen molar-refractivity contribution in [2.24, 2.45) is 11.3 Å². The quantitative estimate of drug-likeness (QED) is 0.294. The number of carboxylic acid groups (broad SMARTS) is 1. The standard InChI is InChI=1S/C34H39FO3/c1-4-22-8-5-9-25(18-22)26-16-13-23(19-29(26)30-11-7-17-34(30,2)3)21-38-31-12-6-10-27(33(31)35)28(20-32(36)37)24-14-15-24/h5-6,8-10,12-13,16,18-19,24,28,30H,4,7,11,14-15,17,20-21H2,1-3H3,(H,36,37)/t28-,30-/m0/s1. The third kappa shape index (κ3) is 5.65. The van der Waals surface area contributed by atoms with Gasteiger partial charge in [0.25, 0.3) is 0 Å². The summed E-state index contributed by atoms with van der Waals surface area (Å²) in [6, 6.07) is 20.5. The number of carboxylic acids is 1. The minimum atomic E-state index is -0.889. The first-order valence-electron chi connectivity index (χ1n) is 14.1. The largest absolute Gasteiger partial charge is 0.486 e. The van der Waals surface area contributed by atoms with Gasteiger partial charge in [-0.2, -0.15) is 0 Å². The molecule has 1 N–H and O–H groups in total. The second-order valence-corrected chi connectivity index (χ2v) is 11.9. The molecule has 38 heavy (non-hydrogen) atoms. The maximum absolute atomic E-state index is 15.5. The van der Waals surface area contributed by atoms with E-state index in [1.54, 1.807) is 18.2 Å². The van der Waals surface area contributed by atoms with Crippen LogP contribution in [0.5, 0.6) is 5.75 Å². The first-order valence-corrected chi connectivity index (χ1v) is 14.1. The fourth-order valence-electron chi connectivity index (χ4n) is 6.42. The number of hydrogen-bond donors (Lipinski definition) is 1. The molecule has 2 saturated carbocycles. The van der Waals surface area contributed by atoms with Crippen LogP contribution < -0.4 is 4.74 Å². The van der Waals surface area contributed by atoms with E-state index in [2.05, 4.69) is 63.2 Å². The van der Waals surface area contributed by atoms with Crippen molar-refractivity contribution < 1.29 is 19.0 Å². The van der Waals surface area contributed by atoms with E-state index in [9.17, 15) is 9.90 Å². The number of halogens is 1. The van der Waals surface area contributed by atoms with Crippen molar-refractivity contribution in [2.45, 2.75) is 84.2 Å². The van der Waals surface area contributed by atoms with Crippen molar-refractivity contribution in [3.8, 4) is 16.9 Å². The lowest BCUT2D eigenvalue weighted by Gasteiger charge is -2.30. The average Bonchev–Trinajstić information content (AvgIpc) is 3.68. The summed E-state index contributed by atoms with van der Waals surface area (Å²) < 4.78 is 21.6. The van der Waals surface area contributed by atoms with E-state index in [0.717, 1.165) is 24.8 Å². The fourth-order valence-corrected chi connectivity index (χ4v) is 6.42. The van der Waals surface area contributed by atoms with Gasteiger partial charge in [0.05, 0.1) is 6.42 Å². The Morgan fingerprint density at radius 1 is 1.05 bits per heavy atom. The number of benzene rings is 3. The Bertz CT molecular complexity index is 1310. The molecule has 0 bridgehead atoms. The first-order chi connectivity index (χ1) is 18.3. The summed E-state index contributed by atoms with van der Waals surface area (Å²) in [7, 11) is 0. The van der Waals surface area contributed by atoms with Gasteiger partial charge < -0.3 is 9.84 Å². The second kappa shape index (κ2) is 10.9. The highest BCUT2D eigenvalue weighted by Gasteiger charge is 2.37. The molecule has 3 nitrogen and oxygen atoms in total. The molecule has 0 spiro atoms. The molecule has 3 aromatic rings. The summed E-state index contributed by atoms with van der Waals surface area (Å²) in [5.41, 5.74) is 6.91. The smallest absolute Gasteiger partial charge is 0.303 e. The Balaban J connectivity index is 1.43. The van der Waals surface area contributed by atoms with E-state index in [0.29, 0.717) is 11.5 Å². The lowest BCUT2D eigenvalue weighted by atomic mass is 9.75. The summed E-state index contributed by atoms with van der Waals surface area (Å²) in [6.45, 7) is 7.19. The maximum atomic E-state index is 15.5. The van der Waals surface area contributed by atoms with Gasteiger partial charge in [-0.25, -0.2) is 4.39 Å². The molecule has 0 radical (unpaired) electrons. The van der Waals surface area contributed by atoms with E-state index in [1.807, 2.05) is 0 Å².